The summed E-state index contributed by atoms with van der Waals surface area (Å²) in [6.07, 6.45) is 4.88. The summed E-state index contributed by atoms with van der Waals surface area (Å²) in [5, 5.41) is 17.7. The van der Waals surface area contributed by atoms with Crippen molar-refractivity contribution in [3.05, 3.63) is 35.9 Å². The van der Waals surface area contributed by atoms with Crippen molar-refractivity contribution < 1.29 is 29.0 Å². The predicted octanol–water partition coefficient (Wildman–Crippen LogP) is 3.93. The van der Waals surface area contributed by atoms with Gasteiger partial charge in [-0.3, -0.25) is 9.59 Å². The van der Waals surface area contributed by atoms with Gasteiger partial charge in [0.15, 0.2) is 0 Å². The molecule has 9 nitrogen and oxygen atoms in total. The van der Waals surface area contributed by atoms with Crippen LogP contribution in [0.2, 0.25) is 0 Å². The van der Waals surface area contributed by atoms with Gasteiger partial charge in [0.1, 0.15) is 18.2 Å². The fourth-order valence-corrected chi connectivity index (χ4v) is 5.29. The monoisotopic (exact) mass is 515 g/mol. The number of nitrogens with one attached hydrogen (secondary N) is 3. The highest BCUT2D eigenvalue weighted by Gasteiger charge is 2.35. The average molecular weight is 516 g/mol. The standard InChI is InChI=1S/C28H41N3O6/c1-28(2,3)23(19-12-8-5-9-13-19)37-27(36)31-21(16-18-10-6-4-7-11-18)25(33)30-22(26(34)35)17-20-14-15-29-24(20)32/h5,8-9,12-13,18,20-23H,4,6-7,10-11,14-17H2,1-3H3,(H,29,32)(H,30,33)(H,31,36)(H,34,35)/t20-,21-,22-,23?/m0/s1. The van der Waals surface area contributed by atoms with Gasteiger partial charge >= 0.3 is 12.1 Å². The van der Waals surface area contributed by atoms with Crippen LogP contribution < -0.4 is 16.0 Å². The Morgan fingerprint density at radius 3 is 2.24 bits per heavy atom. The van der Waals surface area contributed by atoms with Gasteiger partial charge in [-0.15, -0.1) is 0 Å². The number of hydrogen-bond acceptors (Lipinski definition) is 5. The summed E-state index contributed by atoms with van der Waals surface area (Å²) in [6.45, 7) is 6.42. The topological polar surface area (TPSA) is 134 Å². The van der Waals surface area contributed by atoms with Crippen LogP contribution in [-0.2, 0) is 19.1 Å². The van der Waals surface area contributed by atoms with Crippen LogP contribution >= 0.6 is 0 Å². The molecule has 2 fully saturated rings. The van der Waals surface area contributed by atoms with Gasteiger partial charge in [-0.25, -0.2) is 9.59 Å². The van der Waals surface area contributed by atoms with Crippen LogP contribution in [0.1, 0.15) is 83.8 Å². The Kier molecular flexibility index (Phi) is 9.94. The molecule has 3 rings (SSSR count). The van der Waals surface area contributed by atoms with Crippen molar-refractivity contribution in [3.8, 4) is 0 Å². The van der Waals surface area contributed by atoms with E-state index < -0.39 is 47.5 Å². The summed E-state index contributed by atoms with van der Waals surface area (Å²) in [5.41, 5.74) is 0.454. The van der Waals surface area contributed by atoms with Crippen LogP contribution in [0.25, 0.3) is 0 Å². The molecule has 2 aliphatic rings. The van der Waals surface area contributed by atoms with E-state index in [1.54, 1.807) is 0 Å². The fourth-order valence-electron chi connectivity index (χ4n) is 5.29. The summed E-state index contributed by atoms with van der Waals surface area (Å²) in [4.78, 5) is 50.3. The molecule has 1 aromatic rings. The Morgan fingerprint density at radius 2 is 1.68 bits per heavy atom. The second kappa shape index (κ2) is 12.9. The minimum atomic E-state index is -1.22. The molecule has 1 saturated heterocycles. The second-order valence-corrected chi connectivity index (χ2v) is 11.4. The number of amides is 3. The van der Waals surface area contributed by atoms with Gasteiger partial charge in [0.25, 0.3) is 0 Å². The molecule has 1 aliphatic heterocycles. The van der Waals surface area contributed by atoms with E-state index in [9.17, 15) is 24.3 Å². The van der Waals surface area contributed by atoms with E-state index in [0.717, 1.165) is 37.7 Å². The average Bonchev–Trinajstić information content (AvgIpc) is 3.26. The van der Waals surface area contributed by atoms with Crippen LogP contribution in [0.5, 0.6) is 0 Å². The molecule has 0 aromatic heterocycles. The molecule has 4 atom stereocenters. The lowest BCUT2D eigenvalue weighted by atomic mass is 9.84. The zero-order valence-corrected chi connectivity index (χ0v) is 22.1. The first-order chi connectivity index (χ1) is 17.5. The van der Waals surface area contributed by atoms with Gasteiger partial charge in [0.05, 0.1) is 0 Å². The maximum atomic E-state index is 13.3. The first-order valence-corrected chi connectivity index (χ1v) is 13.4. The molecule has 1 saturated carbocycles. The molecular formula is C28H41N3O6. The van der Waals surface area contributed by atoms with Crippen LogP contribution in [0.15, 0.2) is 30.3 Å². The molecule has 9 heteroatoms. The van der Waals surface area contributed by atoms with E-state index in [1.807, 2.05) is 51.1 Å². The van der Waals surface area contributed by atoms with Crippen LogP contribution in [0.4, 0.5) is 4.79 Å². The van der Waals surface area contributed by atoms with E-state index in [0.29, 0.717) is 19.4 Å². The van der Waals surface area contributed by atoms with Crippen LogP contribution in [0, 0.1) is 17.3 Å². The highest BCUT2D eigenvalue weighted by molar-refractivity contribution is 5.90. The third-order valence-electron chi connectivity index (χ3n) is 7.31. The van der Waals surface area contributed by atoms with Crippen molar-refractivity contribution in [2.45, 2.75) is 90.3 Å². The van der Waals surface area contributed by atoms with Gasteiger partial charge in [-0.05, 0) is 30.7 Å². The maximum absolute atomic E-state index is 13.3. The zero-order valence-electron chi connectivity index (χ0n) is 22.1. The molecule has 204 valence electrons. The van der Waals surface area contributed by atoms with E-state index in [2.05, 4.69) is 16.0 Å². The van der Waals surface area contributed by atoms with Gasteiger partial charge in [0.2, 0.25) is 11.8 Å². The minimum Gasteiger partial charge on any atom is -0.480 e. The van der Waals surface area contributed by atoms with Crippen LogP contribution in [0.3, 0.4) is 0 Å². The van der Waals surface area contributed by atoms with E-state index in [1.165, 1.54) is 0 Å². The largest absolute Gasteiger partial charge is 0.480 e. The number of rotatable bonds is 10. The van der Waals surface area contributed by atoms with Crippen molar-refractivity contribution in [1.82, 2.24) is 16.0 Å². The highest BCUT2D eigenvalue weighted by Crippen LogP contribution is 2.36. The third-order valence-corrected chi connectivity index (χ3v) is 7.31. The number of alkyl carbamates (subject to hydrolysis) is 1. The van der Waals surface area contributed by atoms with Gasteiger partial charge in [-0.1, -0.05) is 83.2 Å². The van der Waals surface area contributed by atoms with Crippen molar-refractivity contribution in [2.75, 3.05) is 6.54 Å². The summed E-state index contributed by atoms with van der Waals surface area (Å²) in [6, 6.07) is 7.28. The Bertz CT molecular complexity index is 939. The first kappa shape index (κ1) is 28.5. The third kappa shape index (κ3) is 8.47. The number of carbonyl (C=O) groups is 4. The summed E-state index contributed by atoms with van der Waals surface area (Å²) >= 11 is 0. The van der Waals surface area contributed by atoms with E-state index in [-0.39, 0.29) is 18.2 Å². The quantitative estimate of drug-likeness (QED) is 0.373. The lowest BCUT2D eigenvalue weighted by molar-refractivity contribution is -0.143. The zero-order chi connectivity index (χ0) is 27.0. The molecule has 1 aromatic carbocycles. The van der Waals surface area contributed by atoms with Crippen molar-refractivity contribution in [2.24, 2.45) is 17.3 Å². The number of aliphatic carboxylic acids is 1. The van der Waals surface area contributed by atoms with Crippen LogP contribution in [-0.4, -0.2) is 47.6 Å². The molecule has 0 radical (unpaired) electrons. The predicted molar refractivity (Wildman–Crippen MR) is 139 cm³/mol. The van der Waals surface area contributed by atoms with Crippen molar-refractivity contribution >= 4 is 23.9 Å². The smallest absolute Gasteiger partial charge is 0.408 e. The van der Waals surface area contributed by atoms with E-state index in [4.69, 9.17) is 4.74 Å². The van der Waals surface area contributed by atoms with E-state index >= 15 is 0 Å². The van der Waals surface area contributed by atoms with Gasteiger partial charge in [0, 0.05) is 17.9 Å². The first-order valence-electron chi connectivity index (χ1n) is 13.4. The molecule has 0 bridgehead atoms. The number of hydrogen-bond donors (Lipinski definition) is 4. The fraction of sp³-hybridized carbons (Fsp3) is 0.643. The molecular weight excluding hydrogens is 474 g/mol. The minimum absolute atomic E-state index is 0.00755. The van der Waals surface area contributed by atoms with Gasteiger partial charge in [-0.2, -0.15) is 0 Å². The number of benzene rings is 1. The lowest BCUT2D eigenvalue weighted by Gasteiger charge is -2.32. The summed E-state index contributed by atoms with van der Waals surface area (Å²) in [7, 11) is 0. The second-order valence-electron chi connectivity index (χ2n) is 11.4. The molecule has 3 amide bonds. The van der Waals surface area contributed by atoms with Crippen molar-refractivity contribution in [1.29, 1.82) is 0 Å². The Balaban J connectivity index is 1.72. The number of carboxylic acid groups (broad SMARTS) is 1. The molecule has 1 aliphatic carbocycles. The molecule has 1 unspecified atom stereocenters. The Morgan fingerprint density at radius 1 is 1.00 bits per heavy atom. The Hall–Kier alpha value is -3.10. The molecule has 37 heavy (non-hydrogen) atoms. The molecule has 0 spiro atoms. The number of carbonyl (C=O) groups excluding carboxylic acids is 3. The molecule has 4 N–H and O–H groups in total. The Labute approximate surface area is 219 Å². The lowest BCUT2D eigenvalue weighted by Crippen LogP contribution is -2.53. The maximum Gasteiger partial charge on any atom is 0.408 e. The normalized spacial score (nSPS) is 20.8. The molecule has 1 heterocycles. The summed E-state index contributed by atoms with van der Waals surface area (Å²) in [5.74, 6) is -2.19. The SMILES string of the molecule is CC(C)(C)C(OC(=O)N[C@@H](CC1CCCCC1)C(=O)N[C@@H](C[C@@H]1CCNC1=O)C(=O)O)c1ccccc1. The number of carboxylic acids is 1. The van der Waals surface area contributed by atoms with Gasteiger partial charge < -0.3 is 25.8 Å². The summed E-state index contributed by atoms with van der Waals surface area (Å²) < 4.78 is 5.85. The highest BCUT2D eigenvalue weighted by atomic mass is 16.6. The number of ether oxygens (including phenoxy) is 1. The van der Waals surface area contributed by atoms with Crippen molar-refractivity contribution in [3.63, 3.8) is 0 Å².